The highest BCUT2D eigenvalue weighted by Crippen LogP contribution is 2.38. The van der Waals surface area contributed by atoms with Crippen molar-refractivity contribution in [2.75, 3.05) is 5.32 Å². The molecule has 2 heterocycles. The molecule has 2 aliphatic rings. The summed E-state index contributed by atoms with van der Waals surface area (Å²) in [6.07, 6.45) is 2.30. The number of carbonyl (C=O) groups excluding carboxylic acids is 2. The lowest BCUT2D eigenvalue weighted by atomic mass is 10.2. The lowest BCUT2D eigenvalue weighted by Crippen LogP contribution is -2.34. The highest BCUT2D eigenvalue weighted by molar-refractivity contribution is 8.01. The molecule has 1 aromatic heterocycles. The predicted molar refractivity (Wildman–Crippen MR) is 87.5 cm³/mol. The standard InChI is InChI=1S/C16H16N4O3S/c21-13(17-8-14-19-15(20-23-14)9-5-6-9)7-12-16(22)18-10-3-1-2-4-11(10)24-12/h1-4,9,12H,5-8H2,(H,17,21)(H,18,22). The molecule has 1 atom stereocenters. The van der Waals surface area contributed by atoms with Gasteiger partial charge in [0.2, 0.25) is 17.7 Å². The van der Waals surface area contributed by atoms with Crippen LogP contribution in [0.3, 0.4) is 0 Å². The number of fused-ring (bicyclic) bond motifs is 1. The Morgan fingerprint density at radius 3 is 3.04 bits per heavy atom. The zero-order valence-corrected chi connectivity index (χ0v) is 13.6. The molecule has 2 aromatic rings. The van der Waals surface area contributed by atoms with Crippen LogP contribution < -0.4 is 10.6 Å². The summed E-state index contributed by atoms with van der Waals surface area (Å²) in [6.45, 7) is 0.189. The van der Waals surface area contributed by atoms with Gasteiger partial charge in [-0.1, -0.05) is 17.3 Å². The second kappa shape index (κ2) is 6.27. The molecule has 124 valence electrons. The average molecular weight is 344 g/mol. The lowest BCUT2D eigenvalue weighted by molar-refractivity contribution is -0.124. The van der Waals surface area contributed by atoms with Gasteiger partial charge in [-0.15, -0.1) is 11.8 Å². The third kappa shape index (κ3) is 3.28. The Morgan fingerprint density at radius 1 is 1.38 bits per heavy atom. The number of hydrogen-bond donors (Lipinski definition) is 2. The molecule has 0 bridgehead atoms. The molecule has 1 aliphatic carbocycles. The van der Waals surface area contributed by atoms with Gasteiger partial charge in [0, 0.05) is 17.2 Å². The zero-order valence-electron chi connectivity index (χ0n) is 12.8. The van der Waals surface area contributed by atoms with Crippen molar-refractivity contribution in [2.24, 2.45) is 0 Å². The second-order valence-electron chi connectivity index (χ2n) is 5.89. The Morgan fingerprint density at radius 2 is 2.21 bits per heavy atom. The molecule has 0 saturated heterocycles. The van der Waals surface area contributed by atoms with E-state index < -0.39 is 5.25 Å². The molecule has 24 heavy (non-hydrogen) atoms. The summed E-state index contributed by atoms with van der Waals surface area (Å²) in [4.78, 5) is 29.4. The van der Waals surface area contributed by atoms with E-state index >= 15 is 0 Å². The van der Waals surface area contributed by atoms with Gasteiger partial charge in [0.25, 0.3) is 0 Å². The van der Waals surface area contributed by atoms with Crippen molar-refractivity contribution in [3.05, 3.63) is 36.0 Å². The van der Waals surface area contributed by atoms with Crippen molar-refractivity contribution < 1.29 is 14.1 Å². The van der Waals surface area contributed by atoms with E-state index in [0.29, 0.717) is 11.8 Å². The van der Waals surface area contributed by atoms with Crippen LogP contribution in [0.2, 0.25) is 0 Å². The molecule has 2 N–H and O–H groups in total. The number of nitrogens with zero attached hydrogens (tertiary/aromatic N) is 2. The number of carbonyl (C=O) groups is 2. The maximum absolute atomic E-state index is 12.1. The highest BCUT2D eigenvalue weighted by atomic mass is 32.2. The minimum Gasteiger partial charge on any atom is -0.347 e. The average Bonchev–Trinajstić information content (AvgIpc) is 3.32. The van der Waals surface area contributed by atoms with Crippen LogP contribution in [-0.2, 0) is 16.1 Å². The SMILES string of the molecule is O=C(CC1Sc2ccccc2NC1=O)NCc1nc(C2CC2)no1. The molecular weight excluding hydrogens is 328 g/mol. The highest BCUT2D eigenvalue weighted by Gasteiger charge is 2.30. The summed E-state index contributed by atoms with van der Waals surface area (Å²) >= 11 is 1.41. The Labute approximate surface area is 142 Å². The second-order valence-corrected chi connectivity index (χ2v) is 7.14. The van der Waals surface area contributed by atoms with Gasteiger partial charge in [0.15, 0.2) is 5.82 Å². The van der Waals surface area contributed by atoms with E-state index in [-0.39, 0.29) is 24.8 Å². The van der Waals surface area contributed by atoms with Crippen LogP contribution in [0.4, 0.5) is 5.69 Å². The molecular formula is C16H16N4O3S. The van der Waals surface area contributed by atoms with Crippen molar-refractivity contribution in [3.63, 3.8) is 0 Å². The van der Waals surface area contributed by atoms with Gasteiger partial charge in [-0.3, -0.25) is 9.59 Å². The summed E-state index contributed by atoms with van der Waals surface area (Å²) in [6, 6.07) is 7.56. The Balaban J connectivity index is 1.31. The minimum absolute atomic E-state index is 0.106. The third-order valence-electron chi connectivity index (χ3n) is 3.94. The van der Waals surface area contributed by atoms with Crippen LogP contribution in [0.5, 0.6) is 0 Å². The number of hydrogen-bond acceptors (Lipinski definition) is 6. The summed E-state index contributed by atoms with van der Waals surface area (Å²) in [7, 11) is 0. The maximum Gasteiger partial charge on any atom is 0.246 e. The number of amides is 2. The summed E-state index contributed by atoms with van der Waals surface area (Å²) in [5.74, 6) is 1.17. The fourth-order valence-electron chi connectivity index (χ4n) is 2.49. The van der Waals surface area contributed by atoms with E-state index in [2.05, 4.69) is 20.8 Å². The largest absolute Gasteiger partial charge is 0.347 e. The number of nitrogens with one attached hydrogen (secondary N) is 2. The quantitative estimate of drug-likeness (QED) is 0.862. The summed E-state index contributed by atoms with van der Waals surface area (Å²) in [5.41, 5.74) is 0.794. The van der Waals surface area contributed by atoms with Crippen molar-refractivity contribution in [1.82, 2.24) is 15.5 Å². The third-order valence-corrected chi connectivity index (χ3v) is 5.22. The molecule has 0 spiro atoms. The first-order chi connectivity index (χ1) is 11.7. The minimum atomic E-state index is -0.440. The van der Waals surface area contributed by atoms with Crippen LogP contribution in [-0.4, -0.2) is 27.2 Å². The monoisotopic (exact) mass is 344 g/mol. The fourth-order valence-corrected chi connectivity index (χ4v) is 3.60. The van der Waals surface area contributed by atoms with Crippen LogP contribution in [0.25, 0.3) is 0 Å². The normalized spacial score (nSPS) is 19.5. The van der Waals surface area contributed by atoms with Crippen LogP contribution in [0.1, 0.15) is 36.9 Å². The Kier molecular flexibility index (Phi) is 3.97. The molecule has 0 radical (unpaired) electrons. The zero-order chi connectivity index (χ0) is 16.5. The number of benzene rings is 1. The van der Waals surface area contributed by atoms with Gasteiger partial charge >= 0.3 is 0 Å². The van der Waals surface area contributed by atoms with Gasteiger partial charge in [-0.05, 0) is 25.0 Å². The van der Waals surface area contributed by atoms with E-state index in [9.17, 15) is 9.59 Å². The van der Waals surface area contributed by atoms with Crippen molar-refractivity contribution in [2.45, 2.75) is 41.9 Å². The van der Waals surface area contributed by atoms with Crippen molar-refractivity contribution in [3.8, 4) is 0 Å². The first-order valence-electron chi connectivity index (χ1n) is 7.85. The van der Waals surface area contributed by atoms with Crippen molar-refractivity contribution in [1.29, 1.82) is 0 Å². The first-order valence-corrected chi connectivity index (χ1v) is 8.73. The number of anilines is 1. The fraction of sp³-hybridized carbons (Fsp3) is 0.375. The Hall–Kier alpha value is -2.35. The van der Waals surface area contributed by atoms with E-state index in [1.807, 2.05) is 24.3 Å². The maximum atomic E-state index is 12.1. The van der Waals surface area contributed by atoms with E-state index in [4.69, 9.17) is 4.52 Å². The molecule has 7 nitrogen and oxygen atoms in total. The number of rotatable bonds is 5. The molecule has 1 aliphatic heterocycles. The number of aromatic nitrogens is 2. The number of thioether (sulfide) groups is 1. The number of para-hydroxylation sites is 1. The van der Waals surface area contributed by atoms with E-state index in [1.165, 1.54) is 11.8 Å². The van der Waals surface area contributed by atoms with Crippen molar-refractivity contribution >= 4 is 29.3 Å². The topological polar surface area (TPSA) is 97.1 Å². The van der Waals surface area contributed by atoms with Gasteiger partial charge in [-0.2, -0.15) is 4.98 Å². The molecule has 1 fully saturated rings. The van der Waals surface area contributed by atoms with Crippen LogP contribution in [0.15, 0.2) is 33.7 Å². The summed E-state index contributed by atoms with van der Waals surface area (Å²) in [5, 5.41) is 9.03. The molecule has 4 rings (SSSR count). The molecule has 1 aromatic carbocycles. The van der Waals surface area contributed by atoms with Gasteiger partial charge in [0.1, 0.15) is 0 Å². The molecule has 2 amide bonds. The smallest absolute Gasteiger partial charge is 0.246 e. The van der Waals surface area contributed by atoms with Gasteiger partial charge < -0.3 is 15.2 Å². The van der Waals surface area contributed by atoms with Crippen LogP contribution in [0, 0.1) is 0 Å². The first kappa shape index (κ1) is 15.2. The van der Waals surface area contributed by atoms with Crippen LogP contribution >= 0.6 is 11.8 Å². The molecule has 8 heteroatoms. The van der Waals surface area contributed by atoms with E-state index in [0.717, 1.165) is 29.2 Å². The summed E-state index contributed by atoms with van der Waals surface area (Å²) < 4.78 is 5.11. The molecule has 1 saturated carbocycles. The lowest BCUT2D eigenvalue weighted by Gasteiger charge is -2.23. The van der Waals surface area contributed by atoms with E-state index in [1.54, 1.807) is 0 Å². The van der Waals surface area contributed by atoms with Gasteiger partial charge in [0.05, 0.1) is 17.5 Å². The Bertz CT molecular complexity index is 787. The molecule has 1 unspecified atom stereocenters. The van der Waals surface area contributed by atoms with Gasteiger partial charge in [-0.25, -0.2) is 0 Å². The predicted octanol–water partition coefficient (Wildman–Crippen LogP) is 2.07.